The lowest BCUT2D eigenvalue weighted by atomic mass is 10.3. The van der Waals surface area contributed by atoms with Crippen molar-refractivity contribution in [2.24, 2.45) is 0 Å². The van der Waals surface area contributed by atoms with E-state index in [0.29, 0.717) is 25.4 Å². The standard InChI is InChI=1S/C10H14N2O2S/c1-2-14-9(13)6-5-8-11-12-10(15-8)7-3-4-7/h7H,2-6H2,1H3. The quantitative estimate of drug-likeness (QED) is 0.720. The van der Waals surface area contributed by atoms with E-state index in [4.69, 9.17) is 4.74 Å². The number of aromatic nitrogens is 2. The molecule has 1 aliphatic carbocycles. The van der Waals surface area contributed by atoms with Crippen LogP contribution in [0.25, 0.3) is 0 Å². The first-order valence-electron chi connectivity index (χ1n) is 5.27. The largest absolute Gasteiger partial charge is 0.466 e. The minimum Gasteiger partial charge on any atom is -0.466 e. The van der Waals surface area contributed by atoms with Crippen molar-refractivity contribution >= 4 is 17.3 Å². The summed E-state index contributed by atoms with van der Waals surface area (Å²) in [5.74, 6) is 0.500. The maximum absolute atomic E-state index is 11.1. The summed E-state index contributed by atoms with van der Waals surface area (Å²) in [6.45, 7) is 2.26. The molecule has 1 saturated carbocycles. The van der Waals surface area contributed by atoms with E-state index in [9.17, 15) is 4.79 Å². The van der Waals surface area contributed by atoms with Gasteiger partial charge in [0.2, 0.25) is 0 Å². The van der Waals surface area contributed by atoms with E-state index in [-0.39, 0.29) is 5.97 Å². The highest BCUT2D eigenvalue weighted by Gasteiger charge is 2.27. The SMILES string of the molecule is CCOC(=O)CCc1nnc(C2CC2)s1. The zero-order valence-electron chi connectivity index (χ0n) is 8.73. The van der Waals surface area contributed by atoms with Crippen molar-refractivity contribution in [2.75, 3.05) is 6.61 Å². The Hall–Kier alpha value is -0.970. The monoisotopic (exact) mass is 226 g/mol. The van der Waals surface area contributed by atoms with Crippen LogP contribution in [-0.4, -0.2) is 22.8 Å². The van der Waals surface area contributed by atoms with Gasteiger partial charge in [0.05, 0.1) is 13.0 Å². The third kappa shape index (κ3) is 2.99. The molecule has 0 amide bonds. The molecule has 1 aromatic rings. The lowest BCUT2D eigenvalue weighted by Crippen LogP contribution is -2.04. The Morgan fingerprint density at radius 3 is 3.00 bits per heavy atom. The Morgan fingerprint density at radius 1 is 1.53 bits per heavy atom. The van der Waals surface area contributed by atoms with Crippen molar-refractivity contribution in [1.82, 2.24) is 10.2 Å². The molecule has 0 spiro atoms. The zero-order valence-corrected chi connectivity index (χ0v) is 9.55. The van der Waals surface area contributed by atoms with Crippen molar-refractivity contribution in [1.29, 1.82) is 0 Å². The number of carbonyl (C=O) groups excluding carboxylic acids is 1. The smallest absolute Gasteiger partial charge is 0.306 e. The number of esters is 1. The van der Waals surface area contributed by atoms with E-state index in [0.717, 1.165) is 10.0 Å². The predicted molar refractivity (Wildman–Crippen MR) is 56.8 cm³/mol. The van der Waals surface area contributed by atoms with Crippen molar-refractivity contribution in [3.63, 3.8) is 0 Å². The van der Waals surface area contributed by atoms with Crippen LogP contribution in [-0.2, 0) is 16.0 Å². The van der Waals surface area contributed by atoms with Gasteiger partial charge in [-0.2, -0.15) is 0 Å². The molecule has 0 saturated heterocycles. The summed E-state index contributed by atoms with van der Waals surface area (Å²) in [5.41, 5.74) is 0. The molecule has 1 fully saturated rings. The topological polar surface area (TPSA) is 52.1 Å². The van der Waals surface area contributed by atoms with E-state index in [2.05, 4.69) is 10.2 Å². The van der Waals surface area contributed by atoms with Crippen molar-refractivity contribution in [2.45, 2.75) is 38.5 Å². The lowest BCUT2D eigenvalue weighted by molar-refractivity contribution is -0.143. The van der Waals surface area contributed by atoms with Gasteiger partial charge in [-0.15, -0.1) is 21.5 Å². The Kier molecular flexibility index (Phi) is 3.30. The van der Waals surface area contributed by atoms with E-state index in [1.54, 1.807) is 11.3 Å². The first-order chi connectivity index (χ1) is 7.29. The van der Waals surface area contributed by atoms with Gasteiger partial charge in [0.25, 0.3) is 0 Å². The summed E-state index contributed by atoms with van der Waals surface area (Å²) in [5, 5.41) is 10.3. The summed E-state index contributed by atoms with van der Waals surface area (Å²) < 4.78 is 4.85. The van der Waals surface area contributed by atoms with Crippen LogP contribution in [0.2, 0.25) is 0 Å². The van der Waals surface area contributed by atoms with Gasteiger partial charge in [-0.1, -0.05) is 0 Å². The van der Waals surface area contributed by atoms with Crippen LogP contribution < -0.4 is 0 Å². The average Bonchev–Trinajstić information content (AvgIpc) is 2.96. The summed E-state index contributed by atoms with van der Waals surface area (Å²) in [6.07, 6.45) is 3.55. The lowest BCUT2D eigenvalue weighted by Gasteiger charge is -1.98. The van der Waals surface area contributed by atoms with Crippen molar-refractivity contribution in [3.8, 4) is 0 Å². The summed E-state index contributed by atoms with van der Waals surface area (Å²) >= 11 is 1.63. The second-order valence-electron chi connectivity index (χ2n) is 3.61. The fraction of sp³-hybridized carbons (Fsp3) is 0.700. The van der Waals surface area contributed by atoms with E-state index < -0.39 is 0 Å². The third-order valence-electron chi connectivity index (χ3n) is 2.26. The highest BCUT2D eigenvalue weighted by atomic mass is 32.1. The number of ether oxygens (including phenoxy) is 1. The summed E-state index contributed by atoms with van der Waals surface area (Å²) in [7, 11) is 0. The number of nitrogens with zero attached hydrogens (tertiary/aromatic N) is 2. The van der Waals surface area contributed by atoms with Crippen molar-refractivity contribution < 1.29 is 9.53 Å². The molecule has 1 aromatic heterocycles. The van der Waals surface area contributed by atoms with Crippen molar-refractivity contribution in [3.05, 3.63) is 10.0 Å². The Labute approximate surface area is 92.7 Å². The van der Waals surface area contributed by atoms with Gasteiger partial charge in [0.15, 0.2) is 0 Å². The van der Waals surface area contributed by atoms with Crippen LogP contribution in [0.3, 0.4) is 0 Å². The van der Waals surface area contributed by atoms with Crippen LogP contribution in [0.4, 0.5) is 0 Å². The molecular weight excluding hydrogens is 212 g/mol. The molecule has 0 N–H and O–H groups in total. The molecule has 0 atom stereocenters. The summed E-state index contributed by atoms with van der Waals surface area (Å²) in [6, 6.07) is 0. The normalized spacial score (nSPS) is 15.3. The maximum atomic E-state index is 11.1. The molecule has 82 valence electrons. The number of hydrogen-bond acceptors (Lipinski definition) is 5. The minimum absolute atomic E-state index is 0.152. The molecule has 0 bridgehead atoms. The molecule has 1 heterocycles. The Balaban J connectivity index is 1.80. The van der Waals surface area contributed by atoms with Gasteiger partial charge in [-0.25, -0.2) is 0 Å². The van der Waals surface area contributed by atoms with Gasteiger partial charge >= 0.3 is 5.97 Å². The second kappa shape index (κ2) is 4.70. The molecule has 1 aliphatic rings. The molecule has 0 aliphatic heterocycles. The number of aryl methyl sites for hydroxylation is 1. The number of carbonyl (C=O) groups is 1. The van der Waals surface area contributed by atoms with Gasteiger partial charge in [-0.05, 0) is 19.8 Å². The molecule has 0 radical (unpaired) electrons. The predicted octanol–water partition coefficient (Wildman–Crippen LogP) is 1.91. The third-order valence-corrected chi connectivity index (χ3v) is 3.40. The molecule has 0 unspecified atom stereocenters. The van der Waals surface area contributed by atoms with Crippen LogP contribution in [0, 0.1) is 0 Å². The minimum atomic E-state index is -0.152. The van der Waals surface area contributed by atoms with Crippen LogP contribution in [0.15, 0.2) is 0 Å². The maximum Gasteiger partial charge on any atom is 0.306 e. The van der Waals surface area contributed by atoms with E-state index in [1.807, 2.05) is 6.92 Å². The number of hydrogen-bond donors (Lipinski definition) is 0. The van der Waals surface area contributed by atoms with Crippen LogP contribution in [0.5, 0.6) is 0 Å². The highest BCUT2D eigenvalue weighted by molar-refractivity contribution is 7.11. The van der Waals surface area contributed by atoms with Gasteiger partial charge in [0.1, 0.15) is 10.0 Å². The highest BCUT2D eigenvalue weighted by Crippen LogP contribution is 2.41. The second-order valence-corrected chi connectivity index (χ2v) is 4.71. The Morgan fingerprint density at radius 2 is 2.33 bits per heavy atom. The molecule has 4 nitrogen and oxygen atoms in total. The average molecular weight is 226 g/mol. The van der Waals surface area contributed by atoms with Gasteiger partial charge in [-0.3, -0.25) is 4.79 Å². The van der Waals surface area contributed by atoms with E-state index in [1.165, 1.54) is 12.8 Å². The van der Waals surface area contributed by atoms with Gasteiger partial charge < -0.3 is 4.74 Å². The fourth-order valence-corrected chi connectivity index (χ4v) is 2.32. The molecule has 15 heavy (non-hydrogen) atoms. The zero-order chi connectivity index (χ0) is 10.7. The molecular formula is C10H14N2O2S. The van der Waals surface area contributed by atoms with Crippen LogP contribution >= 0.6 is 11.3 Å². The first-order valence-corrected chi connectivity index (χ1v) is 6.09. The van der Waals surface area contributed by atoms with Gasteiger partial charge in [0, 0.05) is 12.3 Å². The Bertz CT molecular complexity index is 347. The number of rotatable bonds is 5. The van der Waals surface area contributed by atoms with Crippen LogP contribution in [0.1, 0.15) is 42.1 Å². The fourth-order valence-electron chi connectivity index (χ4n) is 1.31. The van der Waals surface area contributed by atoms with E-state index >= 15 is 0 Å². The molecule has 5 heteroatoms. The molecule has 2 rings (SSSR count). The first kappa shape index (κ1) is 10.5. The summed E-state index contributed by atoms with van der Waals surface area (Å²) in [4.78, 5) is 11.1. The molecule has 0 aromatic carbocycles.